The number of rotatable bonds is 6. The van der Waals surface area contributed by atoms with Crippen molar-refractivity contribution in [2.45, 2.75) is 13.1 Å². The van der Waals surface area contributed by atoms with Gasteiger partial charge in [-0.3, -0.25) is 4.79 Å². The smallest absolute Gasteiger partial charge is 0.270 e. The van der Waals surface area contributed by atoms with Gasteiger partial charge in [-0.2, -0.15) is 0 Å². The molecule has 0 aliphatic heterocycles. The number of hydrogen-bond acceptors (Lipinski definition) is 4. The molecule has 3 aromatic rings. The first-order valence-electron chi connectivity index (χ1n) is 7.93. The number of anilines is 1. The van der Waals surface area contributed by atoms with Gasteiger partial charge in [0.2, 0.25) is 0 Å². The van der Waals surface area contributed by atoms with E-state index in [1.807, 2.05) is 36.4 Å². The molecule has 1 heterocycles. The fourth-order valence-corrected chi connectivity index (χ4v) is 2.50. The number of carbonyl (C=O) groups excluding carboxylic acids is 1. The molecule has 2 aromatic carbocycles. The monoisotopic (exact) mass is 386 g/mol. The molecule has 0 unspecified atom stereocenters. The Bertz CT molecular complexity index is 883. The minimum absolute atomic E-state index is 0.267. The number of amides is 1. The summed E-state index contributed by atoms with van der Waals surface area (Å²) in [7, 11) is 0. The van der Waals surface area contributed by atoms with Crippen molar-refractivity contribution in [3.05, 3.63) is 87.8 Å². The summed E-state index contributed by atoms with van der Waals surface area (Å²) >= 11 is 11.7. The second-order valence-electron chi connectivity index (χ2n) is 5.58. The van der Waals surface area contributed by atoms with Crippen molar-refractivity contribution >= 4 is 34.9 Å². The van der Waals surface area contributed by atoms with E-state index in [1.54, 1.807) is 18.2 Å². The summed E-state index contributed by atoms with van der Waals surface area (Å²) in [5.74, 6) is 0.309. The maximum Gasteiger partial charge on any atom is 0.270 e. The normalized spacial score (nSPS) is 10.4. The van der Waals surface area contributed by atoms with Crippen LogP contribution < -0.4 is 10.6 Å². The first kappa shape index (κ1) is 18.2. The molecule has 0 aliphatic carbocycles. The zero-order valence-corrected chi connectivity index (χ0v) is 15.3. The van der Waals surface area contributed by atoms with Gasteiger partial charge in [-0.05, 0) is 35.4 Å². The lowest BCUT2D eigenvalue weighted by Crippen LogP contribution is -2.24. The Morgan fingerprint density at radius 2 is 1.42 bits per heavy atom. The summed E-state index contributed by atoms with van der Waals surface area (Å²) in [4.78, 5) is 20.4. The average molecular weight is 387 g/mol. The minimum Gasteiger partial charge on any atom is -0.366 e. The van der Waals surface area contributed by atoms with Gasteiger partial charge in [0.25, 0.3) is 5.91 Å². The highest BCUT2D eigenvalue weighted by molar-refractivity contribution is 6.30. The van der Waals surface area contributed by atoms with Crippen molar-refractivity contribution in [2.75, 3.05) is 5.32 Å². The second-order valence-corrected chi connectivity index (χ2v) is 6.45. The van der Waals surface area contributed by atoms with Crippen molar-refractivity contribution in [1.29, 1.82) is 0 Å². The van der Waals surface area contributed by atoms with Crippen LogP contribution in [-0.4, -0.2) is 15.9 Å². The largest absolute Gasteiger partial charge is 0.366 e. The van der Waals surface area contributed by atoms with E-state index >= 15 is 0 Å². The zero-order chi connectivity index (χ0) is 18.4. The van der Waals surface area contributed by atoms with Gasteiger partial charge in [-0.1, -0.05) is 47.5 Å². The first-order valence-corrected chi connectivity index (χ1v) is 8.69. The first-order chi connectivity index (χ1) is 12.6. The van der Waals surface area contributed by atoms with E-state index in [0.717, 1.165) is 11.1 Å². The van der Waals surface area contributed by atoms with Crippen LogP contribution in [0.25, 0.3) is 0 Å². The van der Waals surface area contributed by atoms with Crippen molar-refractivity contribution in [3.8, 4) is 0 Å². The molecule has 0 aliphatic rings. The number of nitrogens with one attached hydrogen (secondary N) is 2. The highest BCUT2D eigenvalue weighted by Crippen LogP contribution is 2.12. The van der Waals surface area contributed by atoms with Gasteiger partial charge in [0.1, 0.15) is 17.8 Å². The van der Waals surface area contributed by atoms with E-state index in [4.69, 9.17) is 23.2 Å². The summed E-state index contributed by atoms with van der Waals surface area (Å²) in [6, 6.07) is 16.4. The molecule has 3 rings (SSSR count). The van der Waals surface area contributed by atoms with Crippen LogP contribution in [0.3, 0.4) is 0 Å². The summed E-state index contributed by atoms with van der Waals surface area (Å²) in [6.07, 6.45) is 1.36. The Labute approximate surface area is 161 Å². The van der Waals surface area contributed by atoms with Crippen LogP contribution in [0.15, 0.2) is 60.9 Å². The van der Waals surface area contributed by atoms with Crippen LogP contribution in [0.4, 0.5) is 5.82 Å². The van der Waals surface area contributed by atoms with E-state index in [0.29, 0.717) is 34.6 Å². The standard InChI is InChI=1S/C19H16Cl2N4O/c20-15-5-1-13(2-6-15)10-22-18-9-17(24-12-25-18)19(26)23-11-14-3-7-16(21)8-4-14/h1-9,12H,10-11H2,(H,23,26)(H,22,24,25). The van der Waals surface area contributed by atoms with Crippen molar-refractivity contribution in [3.63, 3.8) is 0 Å². The minimum atomic E-state index is -0.267. The lowest BCUT2D eigenvalue weighted by atomic mass is 10.2. The molecule has 1 aromatic heterocycles. The van der Waals surface area contributed by atoms with Crippen LogP contribution >= 0.6 is 23.2 Å². The maximum atomic E-state index is 12.3. The van der Waals surface area contributed by atoms with Crippen LogP contribution in [0.5, 0.6) is 0 Å². The summed E-state index contributed by atoms with van der Waals surface area (Å²) in [5.41, 5.74) is 2.31. The van der Waals surface area contributed by atoms with E-state index in [1.165, 1.54) is 6.33 Å². The van der Waals surface area contributed by atoms with Crippen molar-refractivity contribution in [1.82, 2.24) is 15.3 Å². The molecule has 5 nitrogen and oxygen atoms in total. The molecule has 132 valence electrons. The molecule has 0 spiro atoms. The van der Waals surface area contributed by atoms with Gasteiger partial charge < -0.3 is 10.6 Å². The number of carbonyl (C=O) groups is 1. The van der Waals surface area contributed by atoms with Gasteiger partial charge in [-0.15, -0.1) is 0 Å². The molecular formula is C19H16Cl2N4O. The second kappa shape index (κ2) is 8.65. The summed E-state index contributed by atoms with van der Waals surface area (Å²) in [6.45, 7) is 0.966. The van der Waals surface area contributed by atoms with Gasteiger partial charge in [0.05, 0.1) is 0 Å². The summed E-state index contributed by atoms with van der Waals surface area (Å²) in [5, 5.41) is 7.34. The maximum absolute atomic E-state index is 12.3. The molecular weight excluding hydrogens is 371 g/mol. The van der Waals surface area contributed by atoms with Crippen LogP contribution in [-0.2, 0) is 13.1 Å². The molecule has 2 N–H and O–H groups in total. The Balaban J connectivity index is 1.58. The number of benzene rings is 2. The molecule has 0 fully saturated rings. The fourth-order valence-electron chi connectivity index (χ4n) is 2.25. The molecule has 1 amide bonds. The quantitative estimate of drug-likeness (QED) is 0.661. The molecule has 7 heteroatoms. The number of halogens is 2. The highest BCUT2D eigenvalue weighted by atomic mass is 35.5. The van der Waals surface area contributed by atoms with Gasteiger partial charge >= 0.3 is 0 Å². The van der Waals surface area contributed by atoms with E-state index in [9.17, 15) is 4.79 Å². The number of aromatic nitrogens is 2. The van der Waals surface area contributed by atoms with E-state index in [-0.39, 0.29) is 5.91 Å². The Morgan fingerprint density at radius 3 is 2.04 bits per heavy atom. The molecule has 0 saturated heterocycles. The van der Waals surface area contributed by atoms with E-state index in [2.05, 4.69) is 20.6 Å². The molecule has 0 bridgehead atoms. The lowest BCUT2D eigenvalue weighted by molar-refractivity contribution is 0.0946. The fraction of sp³-hybridized carbons (Fsp3) is 0.105. The van der Waals surface area contributed by atoms with Crippen molar-refractivity contribution in [2.24, 2.45) is 0 Å². The van der Waals surface area contributed by atoms with Gasteiger partial charge in [0, 0.05) is 29.2 Å². The topological polar surface area (TPSA) is 66.9 Å². The van der Waals surface area contributed by atoms with E-state index < -0.39 is 0 Å². The SMILES string of the molecule is O=C(NCc1ccc(Cl)cc1)c1cc(NCc2ccc(Cl)cc2)ncn1. The molecule has 0 radical (unpaired) electrons. The van der Waals surface area contributed by atoms with Crippen molar-refractivity contribution < 1.29 is 4.79 Å². The van der Waals surface area contributed by atoms with Crippen LogP contribution in [0.2, 0.25) is 10.0 Å². The Hall–Kier alpha value is -2.63. The van der Waals surface area contributed by atoms with Gasteiger partial charge in [0.15, 0.2) is 0 Å². The number of hydrogen-bond donors (Lipinski definition) is 2. The molecule has 0 saturated carbocycles. The predicted molar refractivity (Wildman–Crippen MR) is 103 cm³/mol. The average Bonchev–Trinajstić information content (AvgIpc) is 2.67. The zero-order valence-electron chi connectivity index (χ0n) is 13.7. The molecule has 26 heavy (non-hydrogen) atoms. The number of nitrogens with zero attached hydrogens (tertiary/aromatic N) is 2. The predicted octanol–water partition coefficient (Wildman–Crippen LogP) is 4.33. The summed E-state index contributed by atoms with van der Waals surface area (Å²) < 4.78 is 0. The third kappa shape index (κ3) is 5.18. The Kier molecular flexibility index (Phi) is 6.04. The highest BCUT2D eigenvalue weighted by Gasteiger charge is 2.08. The van der Waals surface area contributed by atoms with Gasteiger partial charge in [-0.25, -0.2) is 9.97 Å². The third-order valence-corrected chi connectivity index (χ3v) is 4.16. The van der Waals surface area contributed by atoms with Crippen LogP contribution in [0, 0.1) is 0 Å². The lowest BCUT2D eigenvalue weighted by Gasteiger charge is -2.08. The molecule has 0 atom stereocenters. The van der Waals surface area contributed by atoms with Crippen LogP contribution in [0.1, 0.15) is 21.6 Å². The third-order valence-electron chi connectivity index (χ3n) is 3.65. The Morgan fingerprint density at radius 1 is 0.846 bits per heavy atom.